The number of rotatable bonds is 0. The first-order valence-electron chi connectivity index (χ1n) is 3.15. The van der Waals surface area contributed by atoms with Crippen LogP contribution in [0.15, 0.2) is 18.3 Å². The highest BCUT2D eigenvalue weighted by molar-refractivity contribution is 5.49. The summed E-state index contributed by atoms with van der Waals surface area (Å²) < 4.78 is 0. The van der Waals surface area contributed by atoms with Crippen molar-refractivity contribution in [2.75, 3.05) is 12.3 Å². The molecule has 0 aliphatic rings. The fourth-order valence-electron chi connectivity index (χ4n) is 0.658. The highest BCUT2D eigenvalue weighted by atomic mass is 16.2. The number of pyridine rings is 1. The molecule has 0 fully saturated rings. The van der Waals surface area contributed by atoms with Gasteiger partial charge < -0.3 is 10.8 Å². The molecule has 0 radical (unpaired) electrons. The maximum atomic E-state index is 8.38. The van der Waals surface area contributed by atoms with E-state index in [0.29, 0.717) is 11.4 Å². The maximum Gasteiger partial charge on any atom is 0.139 e. The Morgan fingerprint density at radius 1 is 1.64 bits per heavy atom. The Balaban J connectivity index is 2.95. The SMILES string of the molecule is Nc1ncccc1C#CCO. The number of nitrogens with zero attached hydrogens (tertiary/aromatic N) is 1. The molecule has 0 unspecified atom stereocenters. The van der Waals surface area contributed by atoms with Crippen molar-refractivity contribution in [3.05, 3.63) is 23.9 Å². The van der Waals surface area contributed by atoms with Crippen LogP contribution in [0.2, 0.25) is 0 Å². The summed E-state index contributed by atoms with van der Waals surface area (Å²) in [6.07, 6.45) is 1.60. The van der Waals surface area contributed by atoms with Gasteiger partial charge in [0, 0.05) is 6.20 Å². The number of aromatic nitrogens is 1. The summed E-state index contributed by atoms with van der Waals surface area (Å²) in [5.74, 6) is 5.56. The van der Waals surface area contributed by atoms with Gasteiger partial charge in [-0.25, -0.2) is 4.98 Å². The molecule has 0 aromatic carbocycles. The van der Waals surface area contributed by atoms with Gasteiger partial charge in [0.15, 0.2) is 0 Å². The maximum absolute atomic E-state index is 8.38. The van der Waals surface area contributed by atoms with Gasteiger partial charge in [0.05, 0.1) is 5.56 Å². The minimum atomic E-state index is -0.158. The zero-order valence-corrected chi connectivity index (χ0v) is 5.91. The van der Waals surface area contributed by atoms with Gasteiger partial charge in [0.25, 0.3) is 0 Å². The monoisotopic (exact) mass is 148 g/mol. The minimum Gasteiger partial charge on any atom is -0.384 e. The number of anilines is 1. The molecule has 0 spiro atoms. The normalized spacial score (nSPS) is 8.45. The lowest BCUT2D eigenvalue weighted by molar-refractivity contribution is 0.350. The largest absolute Gasteiger partial charge is 0.384 e. The summed E-state index contributed by atoms with van der Waals surface area (Å²) in [4.78, 5) is 3.83. The number of aliphatic hydroxyl groups is 1. The zero-order valence-electron chi connectivity index (χ0n) is 5.91. The zero-order chi connectivity index (χ0) is 8.10. The Morgan fingerprint density at radius 2 is 2.45 bits per heavy atom. The average Bonchev–Trinajstić information content (AvgIpc) is 2.03. The van der Waals surface area contributed by atoms with Crippen molar-refractivity contribution in [2.24, 2.45) is 0 Å². The second-order valence-electron chi connectivity index (χ2n) is 1.90. The van der Waals surface area contributed by atoms with Crippen molar-refractivity contribution in [3.8, 4) is 11.8 Å². The summed E-state index contributed by atoms with van der Waals surface area (Å²) in [5, 5.41) is 8.38. The van der Waals surface area contributed by atoms with Crippen LogP contribution >= 0.6 is 0 Å². The van der Waals surface area contributed by atoms with Crippen molar-refractivity contribution in [3.63, 3.8) is 0 Å². The molecule has 0 saturated heterocycles. The lowest BCUT2D eigenvalue weighted by atomic mass is 10.2. The quantitative estimate of drug-likeness (QED) is 0.509. The van der Waals surface area contributed by atoms with Gasteiger partial charge in [0.1, 0.15) is 12.4 Å². The summed E-state index contributed by atoms with van der Waals surface area (Å²) in [6, 6.07) is 3.50. The van der Waals surface area contributed by atoms with Crippen LogP contribution in [0.1, 0.15) is 5.56 Å². The summed E-state index contributed by atoms with van der Waals surface area (Å²) in [5.41, 5.74) is 6.12. The van der Waals surface area contributed by atoms with Crippen LogP contribution in [0.25, 0.3) is 0 Å². The standard InChI is InChI=1S/C8H8N2O/c9-8-7(4-2-6-11)3-1-5-10-8/h1,3,5,11H,6H2,(H2,9,10). The van der Waals surface area contributed by atoms with E-state index in [9.17, 15) is 0 Å². The van der Waals surface area contributed by atoms with E-state index in [2.05, 4.69) is 16.8 Å². The second kappa shape index (κ2) is 3.59. The second-order valence-corrected chi connectivity index (χ2v) is 1.90. The van der Waals surface area contributed by atoms with Crippen molar-refractivity contribution in [1.82, 2.24) is 4.98 Å². The molecule has 1 aromatic heterocycles. The highest BCUT2D eigenvalue weighted by Crippen LogP contribution is 2.03. The first-order chi connectivity index (χ1) is 5.34. The molecule has 0 bridgehead atoms. The Hall–Kier alpha value is -1.53. The van der Waals surface area contributed by atoms with Gasteiger partial charge in [-0.15, -0.1) is 0 Å². The van der Waals surface area contributed by atoms with E-state index in [-0.39, 0.29) is 6.61 Å². The highest BCUT2D eigenvalue weighted by Gasteiger charge is 1.91. The Bertz CT molecular complexity index is 298. The number of hydrogen-bond acceptors (Lipinski definition) is 3. The van der Waals surface area contributed by atoms with E-state index in [0.717, 1.165) is 0 Å². The van der Waals surface area contributed by atoms with Gasteiger partial charge in [0.2, 0.25) is 0 Å². The van der Waals surface area contributed by atoms with E-state index < -0.39 is 0 Å². The van der Waals surface area contributed by atoms with Crippen LogP contribution in [0.3, 0.4) is 0 Å². The van der Waals surface area contributed by atoms with Gasteiger partial charge in [-0.05, 0) is 12.1 Å². The molecule has 0 aliphatic heterocycles. The number of nitrogens with two attached hydrogens (primary N) is 1. The lowest BCUT2D eigenvalue weighted by Crippen LogP contribution is -1.92. The van der Waals surface area contributed by atoms with Crippen LogP contribution in [0.5, 0.6) is 0 Å². The minimum absolute atomic E-state index is 0.158. The van der Waals surface area contributed by atoms with Crippen molar-refractivity contribution in [2.45, 2.75) is 0 Å². The molecule has 3 N–H and O–H groups in total. The molecule has 1 rings (SSSR count). The number of aliphatic hydroxyl groups excluding tert-OH is 1. The average molecular weight is 148 g/mol. The Kier molecular flexibility index (Phi) is 2.47. The lowest BCUT2D eigenvalue weighted by Gasteiger charge is -1.92. The summed E-state index contributed by atoms with van der Waals surface area (Å²) in [7, 11) is 0. The molecule has 11 heavy (non-hydrogen) atoms. The fraction of sp³-hybridized carbons (Fsp3) is 0.125. The molecule has 0 atom stereocenters. The van der Waals surface area contributed by atoms with Gasteiger partial charge in [-0.1, -0.05) is 11.8 Å². The Labute approximate surface area is 64.9 Å². The van der Waals surface area contributed by atoms with E-state index in [1.807, 2.05) is 0 Å². The topological polar surface area (TPSA) is 59.1 Å². The van der Waals surface area contributed by atoms with Crippen LogP contribution in [0, 0.1) is 11.8 Å². The molecular weight excluding hydrogens is 140 g/mol. The van der Waals surface area contributed by atoms with Crippen molar-refractivity contribution < 1.29 is 5.11 Å². The molecular formula is C8H8N2O. The molecule has 1 aromatic rings. The van der Waals surface area contributed by atoms with Gasteiger partial charge in [-0.2, -0.15) is 0 Å². The van der Waals surface area contributed by atoms with Gasteiger partial charge >= 0.3 is 0 Å². The first-order valence-corrected chi connectivity index (χ1v) is 3.15. The van der Waals surface area contributed by atoms with E-state index >= 15 is 0 Å². The summed E-state index contributed by atoms with van der Waals surface area (Å²) >= 11 is 0. The predicted octanol–water partition coefficient (Wildman–Crippen LogP) is 0.00760. The van der Waals surface area contributed by atoms with Crippen molar-refractivity contribution in [1.29, 1.82) is 0 Å². The van der Waals surface area contributed by atoms with Crippen molar-refractivity contribution >= 4 is 5.82 Å². The summed E-state index contributed by atoms with van der Waals surface area (Å²) in [6.45, 7) is -0.158. The van der Waals surface area contributed by atoms with Crippen LogP contribution in [0.4, 0.5) is 5.82 Å². The molecule has 3 nitrogen and oxygen atoms in total. The smallest absolute Gasteiger partial charge is 0.139 e. The molecule has 1 heterocycles. The van der Waals surface area contributed by atoms with Gasteiger partial charge in [-0.3, -0.25) is 0 Å². The van der Waals surface area contributed by atoms with E-state index in [1.54, 1.807) is 18.3 Å². The molecule has 56 valence electrons. The van der Waals surface area contributed by atoms with E-state index in [1.165, 1.54) is 0 Å². The Morgan fingerprint density at radius 3 is 3.09 bits per heavy atom. The van der Waals surface area contributed by atoms with E-state index in [4.69, 9.17) is 10.8 Å². The third-order valence-corrected chi connectivity index (χ3v) is 1.14. The molecule has 0 amide bonds. The third-order valence-electron chi connectivity index (χ3n) is 1.14. The van der Waals surface area contributed by atoms with Crippen LogP contribution in [-0.4, -0.2) is 16.7 Å². The fourth-order valence-corrected chi connectivity index (χ4v) is 0.658. The predicted molar refractivity (Wildman–Crippen MR) is 42.6 cm³/mol. The molecule has 0 saturated carbocycles. The first kappa shape index (κ1) is 7.58. The number of hydrogen-bond donors (Lipinski definition) is 2. The van der Waals surface area contributed by atoms with Crippen LogP contribution in [-0.2, 0) is 0 Å². The third kappa shape index (κ3) is 1.95. The molecule has 0 aliphatic carbocycles. The molecule has 3 heteroatoms. The van der Waals surface area contributed by atoms with Crippen LogP contribution < -0.4 is 5.73 Å². The number of nitrogen functional groups attached to an aromatic ring is 1.